The van der Waals surface area contributed by atoms with Crippen molar-refractivity contribution < 1.29 is 18.0 Å². The molecule has 1 fully saturated rings. The normalized spacial score (nSPS) is 17.8. The van der Waals surface area contributed by atoms with Crippen LogP contribution in [-0.4, -0.2) is 49.6 Å². The van der Waals surface area contributed by atoms with Crippen LogP contribution in [0.5, 0.6) is 0 Å². The molecule has 7 nitrogen and oxygen atoms in total. The third kappa shape index (κ3) is 5.49. The molecular formula is C30H29F3N6O. The third-order valence-corrected chi connectivity index (χ3v) is 7.73. The summed E-state index contributed by atoms with van der Waals surface area (Å²) in [5.74, 6) is -1.64. The Labute approximate surface area is 230 Å². The van der Waals surface area contributed by atoms with Crippen molar-refractivity contribution in [2.75, 3.05) is 18.4 Å². The van der Waals surface area contributed by atoms with E-state index in [4.69, 9.17) is 0 Å². The van der Waals surface area contributed by atoms with Crippen molar-refractivity contribution in [1.29, 1.82) is 0 Å². The van der Waals surface area contributed by atoms with Crippen LogP contribution in [0.15, 0.2) is 66.9 Å². The molecule has 1 atom stereocenters. The Morgan fingerprint density at radius 2 is 1.65 bits per heavy atom. The molecule has 1 N–H and O–H groups in total. The molecular weight excluding hydrogens is 517 g/mol. The monoisotopic (exact) mass is 546 g/mol. The number of aromatic nitrogens is 4. The number of nitrogens with one attached hydrogen (secondary N) is 1. The van der Waals surface area contributed by atoms with Crippen molar-refractivity contribution >= 4 is 17.4 Å². The molecule has 2 aromatic carbocycles. The van der Waals surface area contributed by atoms with Gasteiger partial charge in [-0.2, -0.15) is 22.8 Å². The highest BCUT2D eigenvalue weighted by atomic mass is 19.4. The molecule has 6 rings (SSSR count). The first-order valence-electron chi connectivity index (χ1n) is 13.6. The number of anilines is 2. The number of likely N-dealkylation sites (tertiary alicyclic amines) is 1. The first kappa shape index (κ1) is 26.2. The second kappa shape index (κ2) is 10.8. The number of alkyl halides is 3. The third-order valence-electron chi connectivity index (χ3n) is 7.73. The van der Waals surface area contributed by atoms with Crippen molar-refractivity contribution in [3.05, 3.63) is 94.9 Å². The number of benzene rings is 2. The summed E-state index contributed by atoms with van der Waals surface area (Å²) in [6.07, 6.45) is 3.23. The maximum atomic E-state index is 13.7. The van der Waals surface area contributed by atoms with Crippen LogP contribution in [0.2, 0.25) is 0 Å². The second-order valence-electron chi connectivity index (χ2n) is 10.3. The predicted molar refractivity (Wildman–Crippen MR) is 145 cm³/mol. The lowest BCUT2D eigenvalue weighted by Crippen LogP contribution is -2.32. The molecule has 40 heavy (non-hydrogen) atoms. The molecule has 1 saturated heterocycles. The van der Waals surface area contributed by atoms with Gasteiger partial charge in [-0.15, -0.1) is 5.10 Å². The van der Waals surface area contributed by atoms with Crippen LogP contribution in [0.1, 0.15) is 58.6 Å². The summed E-state index contributed by atoms with van der Waals surface area (Å²) in [5.41, 5.74) is 3.84. The van der Waals surface area contributed by atoms with E-state index in [2.05, 4.69) is 25.3 Å². The lowest BCUT2D eigenvalue weighted by molar-refractivity contribution is -0.144. The Balaban J connectivity index is 1.29. The molecule has 0 amide bonds. The smallest absolute Gasteiger partial charge is 0.324 e. The summed E-state index contributed by atoms with van der Waals surface area (Å²) in [5, 5.41) is 6.75. The van der Waals surface area contributed by atoms with Gasteiger partial charge in [-0.1, -0.05) is 36.4 Å². The molecule has 10 heteroatoms. The van der Waals surface area contributed by atoms with E-state index in [1.807, 2.05) is 18.2 Å². The number of rotatable bonds is 6. The average molecular weight is 547 g/mol. The Bertz CT molecular complexity index is 1510. The molecule has 2 aromatic heterocycles. The van der Waals surface area contributed by atoms with Crippen molar-refractivity contribution in [3.8, 4) is 5.82 Å². The fourth-order valence-electron chi connectivity index (χ4n) is 5.67. The minimum atomic E-state index is -4.75. The van der Waals surface area contributed by atoms with E-state index in [-0.39, 0.29) is 23.1 Å². The minimum absolute atomic E-state index is 0.0514. The van der Waals surface area contributed by atoms with Gasteiger partial charge in [0.25, 0.3) is 5.82 Å². The van der Waals surface area contributed by atoms with Gasteiger partial charge < -0.3 is 10.2 Å². The molecule has 1 aliphatic carbocycles. The highest BCUT2D eigenvalue weighted by Gasteiger charge is 2.37. The molecule has 1 unspecified atom stereocenters. The summed E-state index contributed by atoms with van der Waals surface area (Å²) in [7, 11) is 0. The lowest BCUT2D eigenvalue weighted by atomic mass is 10.0. The van der Waals surface area contributed by atoms with E-state index in [1.54, 1.807) is 30.3 Å². The summed E-state index contributed by atoms with van der Waals surface area (Å²) in [6.45, 7) is 2.33. The van der Waals surface area contributed by atoms with Gasteiger partial charge in [0.1, 0.15) is 0 Å². The van der Waals surface area contributed by atoms with Crippen molar-refractivity contribution in [3.63, 3.8) is 0 Å². The van der Waals surface area contributed by atoms with Gasteiger partial charge in [0.05, 0.1) is 0 Å². The van der Waals surface area contributed by atoms with Gasteiger partial charge in [-0.05, 0) is 87.0 Å². The van der Waals surface area contributed by atoms with E-state index in [0.717, 1.165) is 43.5 Å². The number of carbonyl (C=O) groups excluding carboxylic acids is 1. The predicted octanol–water partition coefficient (Wildman–Crippen LogP) is 6.00. The van der Waals surface area contributed by atoms with Gasteiger partial charge in [0.15, 0.2) is 11.6 Å². The molecule has 3 heterocycles. The average Bonchev–Trinajstić information content (AvgIpc) is 3.60. The first-order valence-corrected chi connectivity index (χ1v) is 13.6. The highest BCUT2D eigenvalue weighted by molar-refractivity contribution is 6.09. The Morgan fingerprint density at radius 1 is 0.900 bits per heavy atom. The maximum absolute atomic E-state index is 13.7. The van der Waals surface area contributed by atoms with Crippen LogP contribution in [0.4, 0.5) is 24.8 Å². The van der Waals surface area contributed by atoms with Crippen molar-refractivity contribution in [2.45, 2.75) is 50.7 Å². The molecule has 1 aliphatic heterocycles. The van der Waals surface area contributed by atoms with Crippen LogP contribution in [0, 0.1) is 0 Å². The highest BCUT2D eigenvalue weighted by Crippen LogP contribution is 2.31. The number of aryl methyl sites for hydroxylation is 2. The molecule has 0 bridgehead atoms. The number of halogens is 3. The number of ketones is 1. The maximum Gasteiger partial charge on any atom is 0.453 e. The van der Waals surface area contributed by atoms with Crippen LogP contribution >= 0.6 is 0 Å². The minimum Gasteiger partial charge on any atom is -0.324 e. The molecule has 0 saturated carbocycles. The largest absolute Gasteiger partial charge is 0.453 e. The number of fused-ring (bicyclic) bond motifs is 1. The van der Waals surface area contributed by atoms with Crippen LogP contribution in [0.25, 0.3) is 5.82 Å². The van der Waals surface area contributed by atoms with Gasteiger partial charge in [-0.3, -0.25) is 4.79 Å². The zero-order valence-corrected chi connectivity index (χ0v) is 21.9. The Morgan fingerprint density at radius 3 is 2.40 bits per heavy atom. The number of hydrogen-bond donors (Lipinski definition) is 1. The topological polar surface area (TPSA) is 75.9 Å². The van der Waals surface area contributed by atoms with E-state index in [0.29, 0.717) is 17.3 Å². The molecule has 0 spiro atoms. The lowest BCUT2D eigenvalue weighted by Gasteiger charge is -2.25. The Kier molecular flexibility index (Phi) is 7.10. The molecule has 206 valence electrons. The van der Waals surface area contributed by atoms with Crippen LogP contribution in [-0.2, 0) is 19.0 Å². The first-order chi connectivity index (χ1) is 19.3. The summed E-state index contributed by atoms with van der Waals surface area (Å²) >= 11 is 0. The van der Waals surface area contributed by atoms with E-state index in [1.165, 1.54) is 42.3 Å². The summed E-state index contributed by atoms with van der Waals surface area (Å²) < 4.78 is 42.0. The van der Waals surface area contributed by atoms with E-state index < -0.39 is 12.0 Å². The number of hydrogen-bond acceptors (Lipinski definition) is 6. The fourth-order valence-corrected chi connectivity index (χ4v) is 5.67. The van der Waals surface area contributed by atoms with Crippen LogP contribution < -0.4 is 5.32 Å². The van der Waals surface area contributed by atoms with Gasteiger partial charge in [0, 0.05) is 29.1 Å². The fraction of sp³-hybridized carbons (Fsp3) is 0.333. The number of pyridine rings is 1. The molecule has 2 aliphatic rings. The van der Waals surface area contributed by atoms with E-state index >= 15 is 0 Å². The Hall–Kier alpha value is -4.05. The van der Waals surface area contributed by atoms with Gasteiger partial charge in [-0.25, -0.2) is 4.98 Å². The van der Waals surface area contributed by atoms with Crippen molar-refractivity contribution in [2.24, 2.45) is 0 Å². The molecule has 4 aromatic rings. The number of carbonyl (C=O) groups is 1. The van der Waals surface area contributed by atoms with Gasteiger partial charge in [0.2, 0.25) is 5.95 Å². The second-order valence-corrected chi connectivity index (χ2v) is 10.3. The standard InChI is InChI=1S/C30H29F3N6O/c31-30(32,33)28-36-29(39(37-28)26-19-23(14-15-34-26)27(40)21-6-2-1-3-7-21)35-24-11-8-20-9-12-25(13-10-22(20)18-24)38-16-4-5-17-38/h1-3,6-8,11,14-15,18-19,25H,4-5,9-10,12-13,16-17H2,(H,35,36,37). The molecule has 0 radical (unpaired) electrons. The quantitative estimate of drug-likeness (QED) is 0.236. The summed E-state index contributed by atoms with van der Waals surface area (Å²) in [6, 6.07) is 18.1. The van der Waals surface area contributed by atoms with Gasteiger partial charge >= 0.3 is 6.18 Å². The SMILES string of the molecule is O=C(c1ccccc1)c1ccnc(-n2nc(C(F)(F)F)nc2Nc2ccc3c(c2)CCC(N2CCCC2)CC3)c1. The zero-order chi connectivity index (χ0) is 27.7. The number of nitrogens with zero attached hydrogens (tertiary/aromatic N) is 5. The summed E-state index contributed by atoms with van der Waals surface area (Å²) in [4.78, 5) is 23.5. The van der Waals surface area contributed by atoms with Crippen LogP contribution in [0.3, 0.4) is 0 Å². The van der Waals surface area contributed by atoms with Crippen molar-refractivity contribution in [1.82, 2.24) is 24.6 Å². The zero-order valence-electron chi connectivity index (χ0n) is 21.9. The van der Waals surface area contributed by atoms with E-state index in [9.17, 15) is 18.0 Å².